The minimum atomic E-state index is -0.692. The summed E-state index contributed by atoms with van der Waals surface area (Å²) >= 11 is 0. The predicted molar refractivity (Wildman–Crippen MR) is 98.9 cm³/mol. The monoisotopic (exact) mass is 348 g/mol. The summed E-state index contributed by atoms with van der Waals surface area (Å²) < 4.78 is 5.21. The summed E-state index contributed by atoms with van der Waals surface area (Å²) in [5.74, 6) is -0.436. The molecule has 0 radical (unpaired) electrons. The molecule has 2 heterocycles. The van der Waals surface area contributed by atoms with Crippen molar-refractivity contribution in [2.75, 3.05) is 5.32 Å². The number of rotatable bonds is 2. The van der Waals surface area contributed by atoms with Crippen molar-refractivity contribution in [2.24, 2.45) is 4.99 Å². The van der Waals surface area contributed by atoms with Gasteiger partial charge in [-0.3, -0.25) is 9.79 Å². The van der Waals surface area contributed by atoms with Crippen LogP contribution in [0.2, 0.25) is 0 Å². The van der Waals surface area contributed by atoms with Gasteiger partial charge in [-0.15, -0.1) is 0 Å². The Morgan fingerprint density at radius 1 is 1.12 bits per heavy atom. The molecule has 0 fully saturated rings. The van der Waals surface area contributed by atoms with E-state index >= 15 is 0 Å². The number of benzene rings is 2. The molecule has 3 aromatic rings. The quantitative estimate of drug-likeness (QED) is 0.550. The van der Waals surface area contributed by atoms with Crippen LogP contribution in [0, 0.1) is 0 Å². The number of amides is 1. The van der Waals surface area contributed by atoms with Crippen LogP contribution >= 0.6 is 0 Å². The van der Waals surface area contributed by atoms with Crippen LogP contribution in [0.3, 0.4) is 0 Å². The van der Waals surface area contributed by atoms with Gasteiger partial charge >= 0.3 is 5.63 Å². The summed E-state index contributed by atoms with van der Waals surface area (Å²) in [5, 5.41) is 13.6. The zero-order valence-corrected chi connectivity index (χ0v) is 13.8. The summed E-state index contributed by atoms with van der Waals surface area (Å²) in [6.07, 6.45) is 2.43. The maximum absolute atomic E-state index is 12.4. The van der Waals surface area contributed by atoms with E-state index in [1.54, 1.807) is 24.3 Å². The molecule has 2 aromatic carbocycles. The lowest BCUT2D eigenvalue weighted by Gasteiger charge is -2.08. The average Bonchev–Trinajstić information content (AvgIpc) is 2.80. The molecule has 0 spiro atoms. The van der Waals surface area contributed by atoms with Gasteiger partial charge in [-0.05, 0) is 36.6 Å². The standard InChI is InChI=1S/C20H16N2O4/c23-18-13-6-2-4-8-17(13)26-20(25)14(18)11-21-16-10-9-12-5-1-3-7-15(12)22-19(16)24/h1-8,11,16,23H,9-10H2,(H,22,24). The summed E-state index contributed by atoms with van der Waals surface area (Å²) in [5.41, 5.74) is 1.38. The molecule has 1 aliphatic rings. The van der Waals surface area contributed by atoms with Crippen molar-refractivity contribution in [1.29, 1.82) is 0 Å². The van der Waals surface area contributed by atoms with E-state index in [1.807, 2.05) is 24.3 Å². The molecule has 1 amide bonds. The third kappa shape index (κ3) is 2.86. The number of nitrogens with zero attached hydrogens (tertiary/aromatic N) is 1. The normalized spacial score (nSPS) is 17.1. The SMILES string of the molecule is O=C1Nc2ccccc2CCC1N=Cc1c(O)c2ccccc2oc1=O. The maximum Gasteiger partial charge on any atom is 0.348 e. The van der Waals surface area contributed by atoms with Crippen molar-refractivity contribution in [3.05, 3.63) is 70.1 Å². The van der Waals surface area contributed by atoms with Crippen LogP contribution in [0.15, 0.2) is 62.7 Å². The first kappa shape index (κ1) is 16.1. The number of aromatic hydroxyl groups is 1. The third-order valence-electron chi connectivity index (χ3n) is 4.47. The molecule has 2 N–H and O–H groups in total. The Morgan fingerprint density at radius 2 is 1.88 bits per heavy atom. The molecule has 0 saturated carbocycles. The lowest BCUT2D eigenvalue weighted by molar-refractivity contribution is -0.117. The van der Waals surface area contributed by atoms with Crippen LogP contribution in [0.4, 0.5) is 5.69 Å². The summed E-state index contributed by atoms with van der Waals surface area (Å²) in [7, 11) is 0. The van der Waals surface area contributed by atoms with Gasteiger partial charge in [0.25, 0.3) is 0 Å². The second-order valence-corrected chi connectivity index (χ2v) is 6.13. The van der Waals surface area contributed by atoms with Crippen molar-refractivity contribution >= 4 is 28.8 Å². The van der Waals surface area contributed by atoms with Crippen molar-refractivity contribution in [1.82, 2.24) is 0 Å². The van der Waals surface area contributed by atoms with Crippen molar-refractivity contribution in [2.45, 2.75) is 18.9 Å². The molecule has 0 saturated heterocycles. The number of aliphatic imine (C=N–C) groups is 1. The average molecular weight is 348 g/mol. The predicted octanol–water partition coefficient (Wildman–Crippen LogP) is 2.87. The number of aryl methyl sites for hydroxylation is 1. The van der Waals surface area contributed by atoms with E-state index in [4.69, 9.17) is 4.42 Å². The first-order valence-electron chi connectivity index (χ1n) is 8.30. The number of carbonyl (C=O) groups is 1. The minimum absolute atomic E-state index is 0.0572. The molecular formula is C20H16N2O4. The smallest absolute Gasteiger partial charge is 0.348 e. The van der Waals surface area contributed by atoms with E-state index in [1.165, 1.54) is 6.21 Å². The molecule has 1 unspecified atom stereocenters. The second-order valence-electron chi connectivity index (χ2n) is 6.13. The fourth-order valence-electron chi connectivity index (χ4n) is 3.07. The Balaban J connectivity index is 1.66. The molecule has 6 nitrogen and oxygen atoms in total. The lowest BCUT2D eigenvalue weighted by atomic mass is 10.1. The number of carbonyl (C=O) groups excluding carboxylic acids is 1. The molecule has 1 aliphatic heterocycles. The summed E-state index contributed by atoms with van der Waals surface area (Å²) in [6, 6.07) is 13.7. The van der Waals surface area contributed by atoms with Crippen molar-refractivity contribution < 1.29 is 14.3 Å². The van der Waals surface area contributed by atoms with Crippen molar-refractivity contribution in [3.63, 3.8) is 0 Å². The van der Waals surface area contributed by atoms with Gasteiger partial charge in [-0.2, -0.15) is 0 Å². The number of para-hydroxylation sites is 2. The maximum atomic E-state index is 12.4. The van der Waals surface area contributed by atoms with E-state index in [9.17, 15) is 14.7 Å². The molecule has 1 atom stereocenters. The Morgan fingerprint density at radius 3 is 2.77 bits per heavy atom. The molecule has 6 heteroatoms. The van der Waals surface area contributed by atoms with Gasteiger partial charge in [0.15, 0.2) is 0 Å². The second kappa shape index (κ2) is 6.48. The molecule has 0 bridgehead atoms. The van der Waals surface area contributed by atoms with E-state index in [0.717, 1.165) is 11.3 Å². The highest BCUT2D eigenvalue weighted by atomic mass is 16.4. The van der Waals surface area contributed by atoms with E-state index in [0.29, 0.717) is 23.8 Å². The highest BCUT2D eigenvalue weighted by Gasteiger charge is 2.22. The molecular weight excluding hydrogens is 332 g/mol. The van der Waals surface area contributed by atoms with Gasteiger partial charge in [0.2, 0.25) is 5.91 Å². The zero-order chi connectivity index (χ0) is 18.1. The number of anilines is 1. The number of fused-ring (bicyclic) bond motifs is 2. The van der Waals surface area contributed by atoms with Crippen LogP contribution in [0.1, 0.15) is 17.5 Å². The van der Waals surface area contributed by atoms with E-state index in [-0.39, 0.29) is 17.2 Å². The van der Waals surface area contributed by atoms with Crippen molar-refractivity contribution in [3.8, 4) is 5.75 Å². The molecule has 130 valence electrons. The first-order valence-corrected chi connectivity index (χ1v) is 8.30. The van der Waals surface area contributed by atoms with Gasteiger partial charge in [0.1, 0.15) is 22.9 Å². The van der Waals surface area contributed by atoms with Gasteiger partial charge in [-0.25, -0.2) is 4.79 Å². The Kier molecular flexibility index (Phi) is 4.01. The Hall–Kier alpha value is -3.41. The van der Waals surface area contributed by atoms with Crippen LogP contribution in [0.25, 0.3) is 11.0 Å². The van der Waals surface area contributed by atoms with E-state index < -0.39 is 11.7 Å². The van der Waals surface area contributed by atoms with Crippen LogP contribution in [0.5, 0.6) is 5.75 Å². The lowest BCUT2D eigenvalue weighted by Crippen LogP contribution is -2.25. The molecule has 1 aromatic heterocycles. The number of hydrogen-bond donors (Lipinski definition) is 2. The van der Waals surface area contributed by atoms with Crippen LogP contribution in [-0.2, 0) is 11.2 Å². The first-order chi connectivity index (χ1) is 12.6. The van der Waals surface area contributed by atoms with Gasteiger partial charge in [0, 0.05) is 11.9 Å². The fraction of sp³-hybridized carbons (Fsp3) is 0.150. The summed E-state index contributed by atoms with van der Waals surface area (Å²) in [6.45, 7) is 0. The van der Waals surface area contributed by atoms with Crippen LogP contribution in [-0.4, -0.2) is 23.3 Å². The summed E-state index contributed by atoms with van der Waals surface area (Å²) in [4.78, 5) is 28.8. The number of hydrogen-bond acceptors (Lipinski definition) is 5. The van der Waals surface area contributed by atoms with E-state index in [2.05, 4.69) is 10.3 Å². The Labute approximate surface area is 148 Å². The van der Waals surface area contributed by atoms with Gasteiger partial charge in [-0.1, -0.05) is 30.3 Å². The number of nitrogens with one attached hydrogen (secondary N) is 1. The molecule has 26 heavy (non-hydrogen) atoms. The highest BCUT2D eigenvalue weighted by Crippen LogP contribution is 2.26. The minimum Gasteiger partial charge on any atom is -0.506 e. The highest BCUT2D eigenvalue weighted by molar-refractivity contribution is 5.99. The Bertz CT molecular complexity index is 1080. The largest absolute Gasteiger partial charge is 0.506 e. The fourth-order valence-corrected chi connectivity index (χ4v) is 3.07. The van der Waals surface area contributed by atoms with Gasteiger partial charge in [0.05, 0.1) is 5.39 Å². The molecule has 4 rings (SSSR count). The third-order valence-corrected chi connectivity index (χ3v) is 4.47. The van der Waals surface area contributed by atoms with Gasteiger partial charge < -0.3 is 14.8 Å². The topological polar surface area (TPSA) is 91.9 Å². The molecule has 0 aliphatic carbocycles. The van der Waals surface area contributed by atoms with Crippen LogP contribution < -0.4 is 10.9 Å². The zero-order valence-electron chi connectivity index (χ0n) is 13.8.